The van der Waals surface area contributed by atoms with Crippen LogP contribution in [0.3, 0.4) is 0 Å². The fourth-order valence-corrected chi connectivity index (χ4v) is 2.22. The molecule has 0 aromatic carbocycles. The molecule has 0 aliphatic carbocycles. The molecular formula is C12H20N4O2. The van der Waals surface area contributed by atoms with E-state index in [9.17, 15) is 4.79 Å². The fraction of sp³-hybridized carbons (Fsp3) is 0.750. The maximum Gasteiger partial charge on any atom is 0.236 e. The van der Waals surface area contributed by atoms with Crippen molar-refractivity contribution in [1.82, 2.24) is 19.9 Å². The molecular weight excluding hydrogens is 232 g/mol. The van der Waals surface area contributed by atoms with Crippen LogP contribution in [0.4, 0.5) is 0 Å². The van der Waals surface area contributed by atoms with Crippen LogP contribution in [0.2, 0.25) is 0 Å². The Kier molecular flexibility index (Phi) is 3.96. The van der Waals surface area contributed by atoms with Crippen molar-refractivity contribution in [3.05, 3.63) is 11.7 Å². The lowest BCUT2D eigenvalue weighted by Gasteiger charge is -2.31. The molecule has 0 spiro atoms. The smallest absolute Gasteiger partial charge is 0.236 e. The minimum absolute atomic E-state index is 0.139. The highest BCUT2D eigenvalue weighted by atomic mass is 16.5. The zero-order valence-electron chi connectivity index (χ0n) is 11.2. The minimum atomic E-state index is 0.139. The van der Waals surface area contributed by atoms with Gasteiger partial charge in [-0.1, -0.05) is 5.16 Å². The number of hydrogen-bond acceptors (Lipinski definition) is 5. The normalized spacial score (nSPS) is 20.9. The van der Waals surface area contributed by atoms with E-state index in [0.29, 0.717) is 12.4 Å². The summed E-state index contributed by atoms with van der Waals surface area (Å²) in [7, 11) is 3.57. The van der Waals surface area contributed by atoms with E-state index in [4.69, 9.17) is 4.52 Å². The van der Waals surface area contributed by atoms with E-state index in [-0.39, 0.29) is 11.8 Å². The van der Waals surface area contributed by atoms with Crippen LogP contribution in [0.1, 0.15) is 30.5 Å². The van der Waals surface area contributed by atoms with Crippen molar-refractivity contribution in [3.8, 4) is 0 Å². The van der Waals surface area contributed by atoms with Gasteiger partial charge < -0.3 is 9.42 Å². The molecule has 0 N–H and O–H groups in total. The Morgan fingerprint density at radius 2 is 2.33 bits per heavy atom. The molecule has 18 heavy (non-hydrogen) atoms. The van der Waals surface area contributed by atoms with Crippen LogP contribution in [-0.4, -0.2) is 59.6 Å². The molecule has 2 rings (SSSR count). The molecule has 0 radical (unpaired) electrons. The lowest BCUT2D eigenvalue weighted by Crippen LogP contribution is -2.41. The zero-order valence-corrected chi connectivity index (χ0v) is 11.2. The van der Waals surface area contributed by atoms with Crippen molar-refractivity contribution in [2.45, 2.75) is 25.7 Å². The molecule has 1 amide bonds. The van der Waals surface area contributed by atoms with E-state index in [2.05, 4.69) is 15.0 Å². The van der Waals surface area contributed by atoms with Crippen LogP contribution in [0, 0.1) is 6.92 Å². The number of amides is 1. The number of nitrogens with zero attached hydrogens (tertiary/aromatic N) is 4. The van der Waals surface area contributed by atoms with Gasteiger partial charge in [0.25, 0.3) is 0 Å². The summed E-state index contributed by atoms with van der Waals surface area (Å²) >= 11 is 0. The van der Waals surface area contributed by atoms with Crippen molar-refractivity contribution in [1.29, 1.82) is 0 Å². The number of likely N-dealkylation sites (tertiary alicyclic amines) is 1. The SMILES string of the molecule is Cc1nc([C@H]2CCCN(CC(=O)N(C)C)C2)no1. The highest BCUT2D eigenvalue weighted by Crippen LogP contribution is 2.24. The van der Waals surface area contributed by atoms with Crippen LogP contribution in [0.15, 0.2) is 4.52 Å². The number of aryl methyl sites for hydroxylation is 1. The van der Waals surface area contributed by atoms with Gasteiger partial charge in [0, 0.05) is 33.5 Å². The fourth-order valence-electron chi connectivity index (χ4n) is 2.22. The summed E-state index contributed by atoms with van der Waals surface area (Å²) in [6.07, 6.45) is 2.13. The highest BCUT2D eigenvalue weighted by Gasteiger charge is 2.26. The summed E-state index contributed by atoms with van der Waals surface area (Å²) in [5.41, 5.74) is 0. The molecule has 1 aliphatic heterocycles. The van der Waals surface area contributed by atoms with Gasteiger partial charge in [0.15, 0.2) is 5.82 Å². The maximum absolute atomic E-state index is 11.7. The number of piperidine rings is 1. The van der Waals surface area contributed by atoms with Crippen molar-refractivity contribution in [2.24, 2.45) is 0 Å². The van der Waals surface area contributed by atoms with Gasteiger partial charge in [-0.25, -0.2) is 0 Å². The van der Waals surface area contributed by atoms with Gasteiger partial charge >= 0.3 is 0 Å². The Hall–Kier alpha value is -1.43. The molecule has 100 valence electrons. The lowest BCUT2D eigenvalue weighted by atomic mass is 9.97. The molecule has 6 nitrogen and oxygen atoms in total. The molecule has 0 unspecified atom stereocenters. The summed E-state index contributed by atoms with van der Waals surface area (Å²) in [6.45, 7) is 4.07. The van der Waals surface area contributed by atoms with Crippen molar-refractivity contribution < 1.29 is 9.32 Å². The largest absolute Gasteiger partial charge is 0.348 e. The molecule has 1 aliphatic rings. The predicted molar refractivity (Wildman–Crippen MR) is 66.1 cm³/mol. The first-order chi connectivity index (χ1) is 8.56. The average Bonchev–Trinajstić information content (AvgIpc) is 2.76. The standard InChI is InChI=1S/C12H20N4O2/c1-9-13-12(14-18-9)10-5-4-6-16(7-10)8-11(17)15(2)3/h10H,4-8H2,1-3H3/t10-/m0/s1. The zero-order chi connectivity index (χ0) is 13.1. The first-order valence-electron chi connectivity index (χ1n) is 6.29. The number of carbonyl (C=O) groups excluding carboxylic acids is 1. The number of likely N-dealkylation sites (N-methyl/N-ethyl adjacent to an activating group) is 1. The van der Waals surface area contributed by atoms with E-state index < -0.39 is 0 Å². The van der Waals surface area contributed by atoms with Crippen LogP contribution >= 0.6 is 0 Å². The van der Waals surface area contributed by atoms with Gasteiger partial charge in [0.05, 0.1) is 6.54 Å². The number of carbonyl (C=O) groups is 1. The summed E-state index contributed by atoms with van der Waals surface area (Å²) in [4.78, 5) is 19.8. The molecule has 1 fully saturated rings. The number of aromatic nitrogens is 2. The van der Waals surface area contributed by atoms with Crippen LogP contribution in [-0.2, 0) is 4.79 Å². The number of rotatable bonds is 3. The first kappa shape index (κ1) is 13.0. The summed E-state index contributed by atoms with van der Waals surface area (Å²) in [6, 6.07) is 0. The Morgan fingerprint density at radius 3 is 2.94 bits per heavy atom. The van der Waals surface area contributed by atoms with Gasteiger partial charge in [0.2, 0.25) is 11.8 Å². The molecule has 6 heteroatoms. The van der Waals surface area contributed by atoms with E-state index >= 15 is 0 Å². The topological polar surface area (TPSA) is 62.5 Å². The first-order valence-corrected chi connectivity index (χ1v) is 6.29. The second-order valence-electron chi connectivity index (χ2n) is 5.03. The van der Waals surface area contributed by atoms with Crippen LogP contribution in [0.25, 0.3) is 0 Å². The van der Waals surface area contributed by atoms with Gasteiger partial charge in [-0.3, -0.25) is 9.69 Å². The average molecular weight is 252 g/mol. The third kappa shape index (κ3) is 3.07. The van der Waals surface area contributed by atoms with E-state index in [1.165, 1.54) is 0 Å². The Labute approximate surface area is 107 Å². The van der Waals surface area contributed by atoms with E-state index in [1.807, 2.05) is 0 Å². The van der Waals surface area contributed by atoms with E-state index in [0.717, 1.165) is 31.8 Å². The second-order valence-corrected chi connectivity index (χ2v) is 5.03. The third-order valence-electron chi connectivity index (χ3n) is 3.27. The molecule has 1 aromatic heterocycles. The van der Waals surface area contributed by atoms with Gasteiger partial charge in [-0.15, -0.1) is 0 Å². The minimum Gasteiger partial charge on any atom is -0.348 e. The van der Waals surface area contributed by atoms with Crippen molar-refractivity contribution in [2.75, 3.05) is 33.7 Å². The van der Waals surface area contributed by atoms with E-state index in [1.54, 1.807) is 25.9 Å². The highest BCUT2D eigenvalue weighted by molar-refractivity contribution is 5.77. The second kappa shape index (κ2) is 5.48. The summed E-state index contributed by atoms with van der Waals surface area (Å²) < 4.78 is 5.02. The molecule has 1 saturated heterocycles. The van der Waals surface area contributed by atoms with Crippen molar-refractivity contribution in [3.63, 3.8) is 0 Å². The lowest BCUT2D eigenvalue weighted by molar-refractivity contribution is -0.130. The Bertz CT molecular complexity index is 416. The maximum atomic E-state index is 11.7. The van der Waals surface area contributed by atoms with Crippen molar-refractivity contribution >= 4 is 5.91 Å². The molecule has 0 bridgehead atoms. The molecule has 0 saturated carbocycles. The summed E-state index contributed by atoms with van der Waals surface area (Å²) in [5.74, 6) is 1.80. The van der Waals surface area contributed by atoms with Gasteiger partial charge in [-0.2, -0.15) is 4.98 Å². The quantitative estimate of drug-likeness (QED) is 0.790. The summed E-state index contributed by atoms with van der Waals surface area (Å²) in [5, 5.41) is 3.98. The number of hydrogen-bond donors (Lipinski definition) is 0. The predicted octanol–water partition coefficient (Wildman–Crippen LogP) is 0.646. The molecule has 1 atom stereocenters. The Balaban J connectivity index is 1.94. The van der Waals surface area contributed by atoms with Crippen LogP contribution < -0.4 is 0 Å². The van der Waals surface area contributed by atoms with Gasteiger partial charge in [0.1, 0.15) is 0 Å². The monoisotopic (exact) mass is 252 g/mol. The Morgan fingerprint density at radius 1 is 1.56 bits per heavy atom. The van der Waals surface area contributed by atoms with Crippen LogP contribution in [0.5, 0.6) is 0 Å². The van der Waals surface area contributed by atoms with Gasteiger partial charge in [-0.05, 0) is 19.4 Å². The third-order valence-corrected chi connectivity index (χ3v) is 3.27. The molecule has 2 heterocycles. The molecule has 1 aromatic rings.